The molecule has 2 N–H and O–H groups in total. The lowest BCUT2D eigenvalue weighted by atomic mass is 10.2. The number of hydrogen-bond donors (Lipinski definition) is 2. The van der Waals surface area contributed by atoms with Gasteiger partial charge in [0.1, 0.15) is 11.5 Å². The lowest BCUT2D eigenvalue weighted by molar-refractivity contribution is 0.102. The molecule has 1 amide bonds. The molecule has 0 saturated carbocycles. The van der Waals surface area contributed by atoms with Gasteiger partial charge in [-0.25, -0.2) is 9.37 Å². The number of rotatable bonds is 4. The summed E-state index contributed by atoms with van der Waals surface area (Å²) in [7, 11) is 0. The predicted octanol–water partition coefficient (Wildman–Crippen LogP) is 5.18. The van der Waals surface area contributed by atoms with Crippen molar-refractivity contribution in [2.24, 2.45) is 0 Å². The summed E-state index contributed by atoms with van der Waals surface area (Å²) in [4.78, 5) is 16.4. The molecule has 1 aromatic heterocycles. The zero-order valence-corrected chi connectivity index (χ0v) is 14.1. The Morgan fingerprint density at radius 3 is 2.52 bits per heavy atom. The molecule has 1 heterocycles. The van der Waals surface area contributed by atoms with Gasteiger partial charge >= 0.3 is 0 Å². The van der Waals surface area contributed by atoms with Crippen molar-refractivity contribution in [2.75, 3.05) is 10.6 Å². The minimum Gasteiger partial charge on any atom is -0.354 e. The summed E-state index contributed by atoms with van der Waals surface area (Å²) in [6.07, 6.45) is 1.53. The molecule has 0 bridgehead atoms. The fourth-order valence-electron chi connectivity index (χ4n) is 2.26. The van der Waals surface area contributed by atoms with E-state index in [2.05, 4.69) is 15.6 Å². The number of halogens is 2. The van der Waals surface area contributed by atoms with E-state index in [4.69, 9.17) is 11.6 Å². The van der Waals surface area contributed by atoms with Crippen LogP contribution in [0, 0.1) is 12.7 Å². The van der Waals surface area contributed by atoms with Gasteiger partial charge in [-0.1, -0.05) is 23.7 Å². The largest absolute Gasteiger partial charge is 0.354 e. The van der Waals surface area contributed by atoms with Gasteiger partial charge < -0.3 is 10.6 Å². The molecule has 0 fully saturated rings. The first-order chi connectivity index (χ1) is 12.0. The van der Waals surface area contributed by atoms with E-state index in [1.807, 2.05) is 31.2 Å². The van der Waals surface area contributed by atoms with Crippen LogP contribution in [0.5, 0.6) is 0 Å². The Hall–Kier alpha value is -2.92. The van der Waals surface area contributed by atoms with Gasteiger partial charge in [0, 0.05) is 11.4 Å². The number of benzene rings is 2. The first-order valence-electron chi connectivity index (χ1n) is 7.57. The second kappa shape index (κ2) is 7.32. The number of aromatic nitrogens is 1. The molecule has 2 aromatic carbocycles. The lowest BCUT2D eigenvalue weighted by Gasteiger charge is -2.08. The molecule has 3 aromatic rings. The molecular formula is C19H15ClFN3O. The number of nitrogens with one attached hydrogen (secondary N) is 2. The Bertz CT molecular complexity index is 913. The second-order valence-corrected chi connectivity index (χ2v) is 5.92. The van der Waals surface area contributed by atoms with Crippen LogP contribution in [0.3, 0.4) is 0 Å². The number of aryl methyl sites for hydroxylation is 1. The summed E-state index contributed by atoms with van der Waals surface area (Å²) in [6, 6.07) is 15.2. The van der Waals surface area contributed by atoms with Gasteiger partial charge in [-0.3, -0.25) is 4.79 Å². The molecule has 0 aliphatic rings. The highest BCUT2D eigenvalue weighted by atomic mass is 35.5. The Kier molecular flexibility index (Phi) is 4.95. The number of nitrogens with zero attached hydrogens (tertiary/aromatic N) is 1. The van der Waals surface area contributed by atoms with Crippen LogP contribution in [0.4, 0.5) is 21.5 Å². The summed E-state index contributed by atoms with van der Waals surface area (Å²) in [5.74, 6) is -0.768. The van der Waals surface area contributed by atoms with Gasteiger partial charge in [0.25, 0.3) is 5.91 Å². The van der Waals surface area contributed by atoms with E-state index in [0.29, 0.717) is 17.1 Å². The van der Waals surface area contributed by atoms with Gasteiger partial charge in [-0.05, 0) is 55.0 Å². The Labute approximate surface area is 149 Å². The highest BCUT2D eigenvalue weighted by Crippen LogP contribution is 2.22. The molecule has 126 valence electrons. The zero-order valence-electron chi connectivity index (χ0n) is 13.4. The number of carbonyl (C=O) groups is 1. The van der Waals surface area contributed by atoms with E-state index in [0.717, 1.165) is 11.3 Å². The zero-order chi connectivity index (χ0) is 17.8. The smallest absolute Gasteiger partial charge is 0.274 e. The van der Waals surface area contributed by atoms with Crippen molar-refractivity contribution in [3.8, 4) is 0 Å². The molecule has 0 aliphatic heterocycles. The van der Waals surface area contributed by atoms with Crippen LogP contribution in [-0.4, -0.2) is 10.9 Å². The first-order valence-corrected chi connectivity index (χ1v) is 7.95. The average molecular weight is 356 g/mol. The number of anilines is 3. The molecule has 0 spiro atoms. The minimum atomic E-state index is -0.478. The van der Waals surface area contributed by atoms with Crippen LogP contribution in [0.15, 0.2) is 60.8 Å². The van der Waals surface area contributed by atoms with E-state index < -0.39 is 5.82 Å². The summed E-state index contributed by atoms with van der Waals surface area (Å²) >= 11 is 5.75. The number of hydrogen-bond acceptors (Lipinski definition) is 3. The fraction of sp³-hybridized carbons (Fsp3) is 0.0526. The van der Waals surface area contributed by atoms with E-state index in [1.54, 1.807) is 18.2 Å². The van der Waals surface area contributed by atoms with E-state index >= 15 is 0 Å². The van der Waals surface area contributed by atoms with Gasteiger partial charge in [0.05, 0.1) is 16.9 Å². The monoisotopic (exact) mass is 355 g/mol. The number of carbonyl (C=O) groups excluding carboxylic acids is 1. The van der Waals surface area contributed by atoms with E-state index in [1.165, 1.54) is 18.3 Å². The minimum absolute atomic E-state index is 0.0344. The maximum atomic E-state index is 13.2. The first kappa shape index (κ1) is 16.9. The molecule has 6 heteroatoms. The third kappa shape index (κ3) is 4.33. The quantitative estimate of drug-likeness (QED) is 0.678. The highest BCUT2D eigenvalue weighted by Gasteiger charge is 2.08. The topological polar surface area (TPSA) is 54.0 Å². The van der Waals surface area contributed by atoms with Crippen LogP contribution >= 0.6 is 11.6 Å². The van der Waals surface area contributed by atoms with Crippen LogP contribution in [0.2, 0.25) is 5.02 Å². The van der Waals surface area contributed by atoms with Crippen molar-refractivity contribution >= 4 is 34.6 Å². The molecular weight excluding hydrogens is 341 g/mol. The van der Waals surface area contributed by atoms with Crippen molar-refractivity contribution in [3.63, 3.8) is 0 Å². The fourth-order valence-corrected chi connectivity index (χ4v) is 2.44. The summed E-state index contributed by atoms with van der Waals surface area (Å²) < 4.78 is 13.2. The van der Waals surface area contributed by atoms with Crippen molar-refractivity contribution < 1.29 is 9.18 Å². The Morgan fingerprint density at radius 2 is 1.84 bits per heavy atom. The predicted molar refractivity (Wildman–Crippen MR) is 98.1 cm³/mol. The number of amides is 1. The Balaban J connectivity index is 1.69. The second-order valence-electron chi connectivity index (χ2n) is 5.51. The third-order valence-corrected chi connectivity index (χ3v) is 3.77. The maximum Gasteiger partial charge on any atom is 0.274 e. The summed E-state index contributed by atoms with van der Waals surface area (Å²) in [5, 5.41) is 5.89. The molecule has 0 atom stereocenters. The van der Waals surface area contributed by atoms with Crippen molar-refractivity contribution in [3.05, 3.63) is 82.9 Å². The SMILES string of the molecule is Cc1cccc(NC(=O)c2ccc(Nc3ccc(F)c(Cl)c3)cn2)c1. The molecule has 25 heavy (non-hydrogen) atoms. The molecule has 0 aliphatic carbocycles. The maximum absolute atomic E-state index is 13.2. The van der Waals surface area contributed by atoms with Gasteiger partial charge in [-0.2, -0.15) is 0 Å². The van der Waals surface area contributed by atoms with E-state index in [-0.39, 0.29) is 10.9 Å². The van der Waals surface area contributed by atoms with Gasteiger partial charge in [0.2, 0.25) is 0 Å². The van der Waals surface area contributed by atoms with Crippen LogP contribution in [0.1, 0.15) is 16.1 Å². The lowest BCUT2D eigenvalue weighted by Crippen LogP contribution is -2.13. The standard InChI is InChI=1S/C19H15ClFN3O/c1-12-3-2-4-13(9-12)24-19(25)18-8-6-15(11-22-18)23-14-5-7-17(21)16(20)10-14/h2-11,23H,1H3,(H,24,25). The van der Waals surface area contributed by atoms with Crippen molar-refractivity contribution in [1.29, 1.82) is 0 Å². The average Bonchev–Trinajstić information content (AvgIpc) is 2.59. The number of pyridine rings is 1. The van der Waals surface area contributed by atoms with Crippen LogP contribution in [-0.2, 0) is 0 Å². The van der Waals surface area contributed by atoms with Crippen LogP contribution < -0.4 is 10.6 Å². The highest BCUT2D eigenvalue weighted by molar-refractivity contribution is 6.31. The van der Waals surface area contributed by atoms with Gasteiger partial charge in [0.15, 0.2) is 0 Å². The Morgan fingerprint density at radius 1 is 1.04 bits per heavy atom. The van der Waals surface area contributed by atoms with Crippen molar-refractivity contribution in [1.82, 2.24) is 4.98 Å². The molecule has 0 saturated heterocycles. The van der Waals surface area contributed by atoms with E-state index in [9.17, 15) is 9.18 Å². The molecule has 0 unspecified atom stereocenters. The normalized spacial score (nSPS) is 10.4. The summed E-state index contributed by atoms with van der Waals surface area (Å²) in [5.41, 5.74) is 3.36. The molecule has 3 rings (SSSR count). The third-order valence-electron chi connectivity index (χ3n) is 3.48. The van der Waals surface area contributed by atoms with Crippen LogP contribution in [0.25, 0.3) is 0 Å². The van der Waals surface area contributed by atoms with Crippen molar-refractivity contribution in [2.45, 2.75) is 6.92 Å². The molecule has 0 radical (unpaired) electrons. The summed E-state index contributed by atoms with van der Waals surface area (Å²) in [6.45, 7) is 1.95. The van der Waals surface area contributed by atoms with Gasteiger partial charge in [-0.15, -0.1) is 0 Å². The molecule has 4 nitrogen and oxygen atoms in total.